The molecule has 2 amide bonds. The van der Waals surface area contributed by atoms with Crippen molar-refractivity contribution in [2.24, 2.45) is 5.92 Å². The molecule has 2 rings (SSSR count). The molecule has 0 aromatic rings. The summed E-state index contributed by atoms with van der Waals surface area (Å²) in [7, 11) is -3.74. The van der Waals surface area contributed by atoms with Crippen LogP contribution in [0.15, 0.2) is 23.6 Å². The van der Waals surface area contributed by atoms with E-state index < -0.39 is 21.5 Å². The Morgan fingerprint density at radius 3 is 2.44 bits per heavy atom. The van der Waals surface area contributed by atoms with Crippen molar-refractivity contribution in [1.82, 2.24) is 9.21 Å². The van der Waals surface area contributed by atoms with E-state index in [2.05, 4.69) is 0 Å². The predicted molar refractivity (Wildman–Crippen MR) is 94.1 cm³/mol. The van der Waals surface area contributed by atoms with E-state index in [0.29, 0.717) is 32.4 Å². The van der Waals surface area contributed by atoms with Crippen molar-refractivity contribution in [3.63, 3.8) is 0 Å². The summed E-state index contributed by atoms with van der Waals surface area (Å²) < 4.78 is 30.8. The zero-order valence-electron chi connectivity index (χ0n) is 15.0. The van der Waals surface area contributed by atoms with E-state index in [4.69, 9.17) is 4.74 Å². The minimum atomic E-state index is -3.74. The highest BCUT2D eigenvalue weighted by Gasteiger charge is 2.28. The number of piperidine rings is 1. The maximum atomic E-state index is 12.3. The number of carbonyl (C=O) groups excluding carboxylic acids is 2. The first-order valence-corrected chi connectivity index (χ1v) is 9.98. The first kappa shape index (κ1) is 19.5. The van der Waals surface area contributed by atoms with Crippen LogP contribution >= 0.6 is 0 Å². The number of rotatable bonds is 3. The molecule has 25 heavy (non-hydrogen) atoms. The van der Waals surface area contributed by atoms with E-state index in [1.165, 1.54) is 6.08 Å². The molecular formula is C17H26N2O5S. The Morgan fingerprint density at radius 1 is 1.24 bits per heavy atom. The highest BCUT2D eigenvalue weighted by Crippen LogP contribution is 2.22. The lowest BCUT2D eigenvalue weighted by Crippen LogP contribution is -2.41. The van der Waals surface area contributed by atoms with Crippen LogP contribution in [0.2, 0.25) is 0 Å². The van der Waals surface area contributed by atoms with Crippen molar-refractivity contribution in [1.29, 1.82) is 0 Å². The molecule has 0 saturated carbocycles. The molecule has 0 aromatic heterocycles. The topological polar surface area (TPSA) is 84.0 Å². The molecule has 0 spiro atoms. The largest absolute Gasteiger partial charge is 0.444 e. The van der Waals surface area contributed by atoms with E-state index in [9.17, 15) is 18.0 Å². The van der Waals surface area contributed by atoms with Crippen molar-refractivity contribution in [2.75, 3.05) is 19.6 Å². The van der Waals surface area contributed by atoms with Crippen LogP contribution < -0.4 is 0 Å². The Balaban J connectivity index is 1.89. The Bertz CT molecular complexity index is 668. The molecule has 0 bridgehead atoms. The van der Waals surface area contributed by atoms with Crippen LogP contribution in [0.1, 0.15) is 40.0 Å². The van der Waals surface area contributed by atoms with E-state index in [0.717, 1.165) is 9.71 Å². The van der Waals surface area contributed by atoms with Gasteiger partial charge in [-0.1, -0.05) is 12.2 Å². The maximum Gasteiger partial charge on any atom is 0.410 e. The molecule has 0 atom stereocenters. The Hall–Kier alpha value is -1.83. The van der Waals surface area contributed by atoms with Crippen molar-refractivity contribution < 1.29 is 22.7 Å². The zero-order valence-corrected chi connectivity index (χ0v) is 15.8. The molecule has 2 aliphatic heterocycles. The normalized spacial score (nSPS) is 20.4. The average Bonchev–Trinajstić information content (AvgIpc) is 2.52. The second-order valence-corrected chi connectivity index (χ2v) is 9.02. The number of hydrogen-bond acceptors (Lipinski definition) is 5. The molecule has 0 unspecified atom stereocenters. The average molecular weight is 370 g/mol. The summed E-state index contributed by atoms with van der Waals surface area (Å²) in [6, 6.07) is 0. The quantitative estimate of drug-likeness (QED) is 0.761. The molecule has 0 aromatic carbocycles. The highest BCUT2D eigenvalue weighted by molar-refractivity contribution is 7.92. The fourth-order valence-electron chi connectivity index (χ4n) is 2.71. The van der Waals surface area contributed by atoms with E-state index >= 15 is 0 Å². The number of carbonyl (C=O) groups is 2. The molecule has 2 heterocycles. The fourth-order valence-corrected chi connectivity index (χ4v) is 3.95. The molecular weight excluding hydrogens is 344 g/mol. The molecule has 0 radical (unpaired) electrons. The third-order valence-electron chi connectivity index (χ3n) is 4.03. The number of likely N-dealkylation sites (tertiary alicyclic amines) is 1. The number of sulfonamides is 1. The molecule has 8 heteroatoms. The van der Waals surface area contributed by atoms with Gasteiger partial charge in [-0.25, -0.2) is 17.5 Å². The van der Waals surface area contributed by atoms with Gasteiger partial charge in [0.05, 0.1) is 0 Å². The van der Waals surface area contributed by atoms with Crippen LogP contribution in [0.3, 0.4) is 0 Å². The number of allylic oxidation sites excluding steroid dienone is 1. The van der Waals surface area contributed by atoms with E-state index in [1.807, 2.05) is 20.8 Å². The molecule has 0 aliphatic carbocycles. The third kappa shape index (κ3) is 5.59. The lowest BCUT2D eigenvalue weighted by atomic mass is 9.97. The standard InChI is InChI=1S/C17H26N2O5S/c1-17(2,3)24-16(21)18-11-7-14(8-12-18)9-13-25(22,23)19-10-5-4-6-15(19)20/h4,6,9,13-14H,5,7-8,10-12H2,1-3H3/b13-9+. The fraction of sp³-hybridized carbons (Fsp3) is 0.647. The van der Waals surface area contributed by atoms with Crippen molar-refractivity contribution in [2.45, 2.75) is 45.6 Å². The van der Waals surface area contributed by atoms with Crippen LogP contribution in [0.4, 0.5) is 4.79 Å². The molecule has 140 valence electrons. The third-order valence-corrected chi connectivity index (χ3v) is 5.50. The van der Waals surface area contributed by atoms with Gasteiger partial charge in [0, 0.05) is 31.1 Å². The lowest BCUT2D eigenvalue weighted by molar-refractivity contribution is -0.121. The van der Waals surface area contributed by atoms with Gasteiger partial charge < -0.3 is 9.64 Å². The smallest absolute Gasteiger partial charge is 0.410 e. The minimum Gasteiger partial charge on any atom is -0.444 e. The summed E-state index contributed by atoms with van der Waals surface area (Å²) in [6.07, 6.45) is 6.12. The summed E-state index contributed by atoms with van der Waals surface area (Å²) in [4.78, 5) is 25.4. The monoisotopic (exact) mass is 370 g/mol. The van der Waals surface area contributed by atoms with Crippen LogP contribution in [-0.4, -0.2) is 54.9 Å². The summed E-state index contributed by atoms with van der Waals surface area (Å²) in [5, 5.41) is 1.12. The Morgan fingerprint density at radius 2 is 1.88 bits per heavy atom. The molecule has 1 fully saturated rings. The summed E-state index contributed by atoms with van der Waals surface area (Å²) >= 11 is 0. The summed E-state index contributed by atoms with van der Waals surface area (Å²) in [5.74, 6) is -0.445. The Kier molecular flexibility index (Phi) is 5.92. The van der Waals surface area contributed by atoms with Crippen LogP contribution in [0, 0.1) is 5.92 Å². The first-order chi connectivity index (χ1) is 11.6. The molecule has 0 N–H and O–H groups in total. The van der Waals surface area contributed by atoms with Gasteiger partial charge in [-0.05, 0) is 46.0 Å². The van der Waals surface area contributed by atoms with Crippen molar-refractivity contribution >= 4 is 22.0 Å². The number of hydrogen-bond donors (Lipinski definition) is 0. The first-order valence-electron chi connectivity index (χ1n) is 8.48. The van der Waals surface area contributed by atoms with Gasteiger partial charge in [-0.3, -0.25) is 4.79 Å². The van der Waals surface area contributed by atoms with Gasteiger partial charge >= 0.3 is 6.09 Å². The number of amides is 2. The van der Waals surface area contributed by atoms with Gasteiger partial charge in [0.2, 0.25) is 0 Å². The zero-order chi connectivity index (χ0) is 18.7. The second-order valence-electron chi connectivity index (χ2n) is 7.28. The molecule has 2 aliphatic rings. The van der Waals surface area contributed by atoms with Gasteiger partial charge in [0.1, 0.15) is 5.60 Å². The summed E-state index contributed by atoms with van der Waals surface area (Å²) in [6.45, 7) is 6.69. The summed E-state index contributed by atoms with van der Waals surface area (Å²) in [5.41, 5.74) is -0.530. The predicted octanol–water partition coefficient (Wildman–Crippen LogP) is 2.27. The van der Waals surface area contributed by atoms with Gasteiger partial charge in [-0.15, -0.1) is 0 Å². The van der Waals surface area contributed by atoms with Crippen LogP contribution in [0.5, 0.6) is 0 Å². The molecule has 1 saturated heterocycles. The Labute approximate surface area is 149 Å². The van der Waals surface area contributed by atoms with Gasteiger partial charge in [0.15, 0.2) is 0 Å². The maximum absolute atomic E-state index is 12.3. The highest BCUT2D eigenvalue weighted by atomic mass is 32.2. The SMILES string of the molecule is CC(C)(C)OC(=O)N1CCC(/C=C/S(=O)(=O)N2CCC=CC2=O)CC1. The lowest BCUT2D eigenvalue weighted by Gasteiger charge is -2.32. The van der Waals surface area contributed by atoms with Crippen LogP contribution in [0.25, 0.3) is 0 Å². The minimum absolute atomic E-state index is 0.0592. The van der Waals surface area contributed by atoms with Crippen molar-refractivity contribution in [3.8, 4) is 0 Å². The number of ether oxygens (including phenoxy) is 1. The molecule has 7 nitrogen and oxygen atoms in total. The van der Waals surface area contributed by atoms with Gasteiger partial charge in [-0.2, -0.15) is 0 Å². The van der Waals surface area contributed by atoms with E-state index in [1.54, 1.807) is 17.1 Å². The number of nitrogens with zero attached hydrogens (tertiary/aromatic N) is 2. The van der Waals surface area contributed by atoms with E-state index in [-0.39, 0.29) is 18.6 Å². The van der Waals surface area contributed by atoms with Crippen LogP contribution in [-0.2, 0) is 19.6 Å². The second kappa shape index (κ2) is 7.59. The van der Waals surface area contributed by atoms with Crippen molar-refractivity contribution in [3.05, 3.63) is 23.6 Å². The van der Waals surface area contributed by atoms with Gasteiger partial charge in [0.25, 0.3) is 15.9 Å².